The first-order valence-electron chi connectivity index (χ1n) is 11.4. The number of nitrogens with one attached hydrogen (secondary N) is 3. The van der Waals surface area contributed by atoms with Crippen molar-refractivity contribution in [2.75, 3.05) is 25.0 Å². The number of fused-ring (bicyclic) bond motifs is 2. The van der Waals surface area contributed by atoms with Gasteiger partial charge in [0.25, 0.3) is 11.8 Å². The Morgan fingerprint density at radius 2 is 1.97 bits per heavy atom. The van der Waals surface area contributed by atoms with Crippen molar-refractivity contribution >= 4 is 57.6 Å². The van der Waals surface area contributed by atoms with E-state index >= 15 is 0 Å². The van der Waals surface area contributed by atoms with Crippen LogP contribution in [-0.2, 0) is 0 Å². The van der Waals surface area contributed by atoms with Crippen LogP contribution >= 0.6 is 11.3 Å². The number of likely N-dealkylation sites (tertiary alicyclic amines) is 1. The van der Waals surface area contributed by atoms with E-state index in [1.807, 2.05) is 57.2 Å². The summed E-state index contributed by atoms with van der Waals surface area (Å²) in [7, 11) is 1.94. The van der Waals surface area contributed by atoms with Crippen LogP contribution in [0.25, 0.3) is 10.1 Å². The number of piperidine rings is 1. The maximum absolute atomic E-state index is 13.6. The molecule has 174 valence electrons. The molecule has 2 aliphatic heterocycles. The van der Waals surface area contributed by atoms with Crippen LogP contribution in [0.15, 0.2) is 42.5 Å². The Labute approximate surface area is 202 Å². The zero-order chi connectivity index (χ0) is 23.9. The van der Waals surface area contributed by atoms with Gasteiger partial charge in [-0.05, 0) is 19.1 Å². The molecule has 1 fully saturated rings. The van der Waals surface area contributed by atoms with E-state index in [9.17, 15) is 14.4 Å². The monoisotopic (exact) mass is 476 g/mol. The van der Waals surface area contributed by atoms with Gasteiger partial charge in [-0.15, -0.1) is 11.3 Å². The lowest BCUT2D eigenvalue weighted by atomic mass is 9.91. The fraction of sp³-hybridized carbons (Fsp3) is 0.292. The molecule has 3 aromatic rings. The number of thiophene rings is 1. The lowest BCUT2D eigenvalue weighted by Crippen LogP contribution is -2.61. The normalized spacial score (nSPS) is 16.5. The number of ether oxygens (including phenoxy) is 1. The number of urea groups is 1. The van der Waals surface area contributed by atoms with Crippen molar-refractivity contribution in [1.82, 2.24) is 15.5 Å². The minimum Gasteiger partial charge on any atom is -0.467 e. The minimum atomic E-state index is -0.824. The lowest BCUT2D eigenvalue weighted by Gasteiger charge is -2.44. The molecule has 0 aliphatic carbocycles. The Kier molecular flexibility index (Phi) is 5.69. The van der Waals surface area contributed by atoms with Crippen LogP contribution < -0.4 is 26.2 Å². The zero-order valence-corrected chi connectivity index (χ0v) is 19.9. The second-order valence-electron chi connectivity index (χ2n) is 8.63. The van der Waals surface area contributed by atoms with Crippen LogP contribution in [0.2, 0.25) is 0 Å². The van der Waals surface area contributed by atoms with Crippen LogP contribution in [0, 0.1) is 0 Å². The van der Waals surface area contributed by atoms with Crippen molar-refractivity contribution in [2.24, 2.45) is 0 Å². The molecule has 2 aliphatic rings. The number of benzene rings is 2. The van der Waals surface area contributed by atoms with Crippen molar-refractivity contribution in [3.63, 3.8) is 0 Å². The average molecular weight is 476 g/mol. The van der Waals surface area contributed by atoms with Crippen LogP contribution in [-0.4, -0.2) is 56.0 Å². The van der Waals surface area contributed by atoms with Crippen molar-refractivity contribution in [1.29, 1.82) is 0 Å². The van der Waals surface area contributed by atoms with E-state index in [0.29, 0.717) is 54.4 Å². The second-order valence-corrected chi connectivity index (χ2v) is 9.68. The first-order valence-corrected chi connectivity index (χ1v) is 12.2. The standard InChI is InChI=1S/C24H25BN4O4S/c1-2-26-23(32)27-21-19(15-5-3-4-6-18(15)34-21)22(31)29-11-9-24(10-12-29)28-20(30)16-13-14(25)7-8-17(16)33-24/h3-8,13H,2,9-12,25H2,1H3,(H,28,30)(H2,26,27,32). The molecule has 1 spiro atoms. The van der Waals surface area contributed by atoms with Gasteiger partial charge in [-0.1, -0.05) is 35.8 Å². The number of carbonyl (C=O) groups excluding carboxylic acids is 3. The van der Waals surface area contributed by atoms with E-state index < -0.39 is 5.72 Å². The summed E-state index contributed by atoms with van der Waals surface area (Å²) in [5.74, 6) is 0.283. The third kappa shape index (κ3) is 3.98. The molecule has 4 amide bonds. The summed E-state index contributed by atoms with van der Waals surface area (Å²) in [5, 5.41) is 9.93. The molecule has 1 saturated heterocycles. The molecular formula is C24H25BN4O4S. The molecule has 10 heteroatoms. The highest BCUT2D eigenvalue weighted by Gasteiger charge is 2.43. The van der Waals surface area contributed by atoms with Gasteiger partial charge in [0.15, 0.2) is 5.72 Å². The highest BCUT2D eigenvalue weighted by atomic mass is 32.1. The fourth-order valence-electron chi connectivity index (χ4n) is 4.53. The molecular weight excluding hydrogens is 451 g/mol. The summed E-state index contributed by atoms with van der Waals surface area (Å²) in [4.78, 5) is 40.3. The highest BCUT2D eigenvalue weighted by molar-refractivity contribution is 7.23. The topological polar surface area (TPSA) is 99.8 Å². The van der Waals surface area contributed by atoms with Crippen LogP contribution in [0.4, 0.5) is 9.80 Å². The van der Waals surface area contributed by atoms with Crippen LogP contribution in [0.3, 0.4) is 0 Å². The van der Waals surface area contributed by atoms with E-state index in [0.717, 1.165) is 15.5 Å². The predicted molar refractivity (Wildman–Crippen MR) is 135 cm³/mol. The van der Waals surface area contributed by atoms with Gasteiger partial charge >= 0.3 is 6.03 Å². The number of hydrogen-bond acceptors (Lipinski definition) is 5. The Morgan fingerprint density at radius 3 is 2.74 bits per heavy atom. The van der Waals surface area contributed by atoms with Gasteiger partial charge in [-0.3, -0.25) is 14.9 Å². The molecule has 3 N–H and O–H groups in total. The molecule has 0 atom stereocenters. The third-order valence-corrected chi connectivity index (χ3v) is 7.34. The molecule has 8 nitrogen and oxygen atoms in total. The maximum Gasteiger partial charge on any atom is 0.319 e. The van der Waals surface area contributed by atoms with Gasteiger partial charge in [-0.2, -0.15) is 0 Å². The minimum absolute atomic E-state index is 0.141. The maximum atomic E-state index is 13.6. The Morgan fingerprint density at radius 1 is 1.21 bits per heavy atom. The summed E-state index contributed by atoms with van der Waals surface area (Å²) in [6, 6.07) is 12.9. The molecule has 5 rings (SSSR count). The lowest BCUT2D eigenvalue weighted by molar-refractivity contribution is -0.0244. The number of amides is 4. The van der Waals surface area contributed by atoms with E-state index in [-0.39, 0.29) is 17.8 Å². The summed E-state index contributed by atoms with van der Waals surface area (Å²) >= 11 is 1.38. The Balaban J connectivity index is 1.37. The Hall–Kier alpha value is -3.53. The average Bonchev–Trinajstić information content (AvgIpc) is 3.17. The quantitative estimate of drug-likeness (QED) is 0.504. The molecule has 1 aromatic heterocycles. The van der Waals surface area contributed by atoms with Crippen molar-refractivity contribution in [2.45, 2.75) is 25.5 Å². The van der Waals surface area contributed by atoms with E-state index in [1.54, 1.807) is 4.90 Å². The van der Waals surface area contributed by atoms with Crippen LogP contribution in [0.5, 0.6) is 5.75 Å². The molecule has 0 bridgehead atoms. The second kappa shape index (κ2) is 8.68. The molecule has 34 heavy (non-hydrogen) atoms. The largest absolute Gasteiger partial charge is 0.467 e. The van der Waals surface area contributed by atoms with E-state index in [4.69, 9.17) is 4.74 Å². The van der Waals surface area contributed by atoms with Gasteiger partial charge in [0, 0.05) is 42.6 Å². The summed E-state index contributed by atoms with van der Waals surface area (Å²) < 4.78 is 7.18. The van der Waals surface area contributed by atoms with E-state index in [1.165, 1.54) is 11.3 Å². The summed E-state index contributed by atoms with van der Waals surface area (Å²) in [6.45, 7) is 3.17. The number of hydrogen-bond donors (Lipinski definition) is 3. The van der Waals surface area contributed by atoms with Gasteiger partial charge in [0.05, 0.1) is 11.1 Å². The van der Waals surface area contributed by atoms with Crippen molar-refractivity contribution < 1.29 is 19.1 Å². The highest BCUT2D eigenvalue weighted by Crippen LogP contribution is 2.38. The van der Waals surface area contributed by atoms with Crippen LogP contribution in [0.1, 0.15) is 40.5 Å². The first-order chi connectivity index (χ1) is 16.4. The number of rotatable bonds is 3. The zero-order valence-electron chi connectivity index (χ0n) is 19.1. The van der Waals surface area contributed by atoms with Gasteiger partial charge in [-0.25, -0.2) is 4.79 Å². The van der Waals surface area contributed by atoms with Gasteiger partial charge in [0.2, 0.25) is 0 Å². The van der Waals surface area contributed by atoms with Gasteiger partial charge < -0.3 is 20.3 Å². The van der Waals surface area contributed by atoms with Crippen molar-refractivity contribution in [3.05, 3.63) is 53.6 Å². The number of nitrogens with zero attached hydrogens (tertiary/aromatic N) is 1. The smallest absolute Gasteiger partial charge is 0.319 e. The summed E-state index contributed by atoms with van der Waals surface area (Å²) in [5.41, 5.74) is 1.20. The van der Waals surface area contributed by atoms with E-state index in [2.05, 4.69) is 16.0 Å². The third-order valence-electron chi connectivity index (χ3n) is 6.26. The molecule has 0 unspecified atom stereocenters. The molecule has 0 radical (unpaired) electrons. The molecule has 0 saturated carbocycles. The number of carbonyl (C=O) groups is 3. The molecule has 3 heterocycles. The summed E-state index contributed by atoms with van der Waals surface area (Å²) in [6.07, 6.45) is 0.942. The number of anilines is 1. The SMILES string of the molecule is Bc1ccc2c(c1)C(=O)NC1(CCN(C(=O)c3c(NC(=O)NCC)sc4ccccc34)CC1)O2. The first kappa shape index (κ1) is 22.3. The molecule has 2 aromatic carbocycles. The fourth-order valence-corrected chi connectivity index (χ4v) is 5.62. The Bertz CT molecular complexity index is 1300. The predicted octanol–water partition coefficient (Wildman–Crippen LogP) is 2.06. The van der Waals surface area contributed by atoms with Crippen molar-refractivity contribution in [3.8, 4) is 5.75 Å². The van der Waals surface area contributed by atoms with Gasteiger partial charge in [0.1, 0.15) is 18.6 Å².